The summed E-state index contributed by atoms with van der Waals surface area (Å²) in [5.41, 5.74) is 0.649. The number of imidazole rings is 1. The van der Waals surface area contributed by atoms with Crippen LogP contribution in [0.4, 0.5) is 0 Å². The molecule has 1 N–H and O–H groups in total. The van der Waals surface area contributed by atoms with E-state index in [9.17, 15) is 14.7 Å². The number of aliphatic carboxylic acids is 1. The smallest absolute Gasteiger partial charge is 0.311 e. The van der Waals surface area contributed by atoms with Crippen LogP contribution in [0.2, 0.25) is 0 Å². The maximum absolute atomic E-state index is 12.5. The van der Waals surface area contributed by atoms with Gasteiger partial charge in [0.25, 0.3) is 5.91 Å². The Labute approximate surface area is 128 Å². The zero-order chi connectivity index (χ0) is 15.7. The monoisotopic (exact) mass is 299 g/mol. The van der Waals surface area contributed by atoms with Crippen LogP contribution in [-0.4, -0.2) is 44.5 Å². The van der Waals surface area contributed by atoms with E-state index in [0.29, 0.717) is 18.5 Å². The number of benzene rings is 1. The lowest BCUT2D eigenvalue weighted by Crippen LogP contribution is -2.34. The first kappa shape index (κ1) is 14.3. The molecular formula is C16H17N3O3. The molecule has 6 heteroatoms. The zero-order valence-electron chi connectivity index (χ0n) is 12.3. The van der Waals surface area contributed by atoms with E-state index in [1.807, 2.05) is 22.9 Å². The third kappa shape index (κ3) is 2.47. The SMILES string of the molecule is CC1(C(=O)O)CCN(C(=O)c2ccc(-n3ccnc3)cc2)C1. The maximum Gasteiger partial charge on any atom is 0.311 e. The van der Waals surface area contributed by atoms with Crippen molar-refractivity contribution in [2.24, 2.45) is 5.41 Å². The van der Waals surface area contributed by atoms with Crippen LogP contribution in [0.15, 0.2) is 43.0 Å². The van der Waals surface area contributed by atoms with Gasteiger partial charge in [-0.3, -0.25) is 9.59 Å². The fourth-order valence-electron chi connectivity index (χ4n) is 2.68. The van der Waals surface area contributed by atoms with Crippen molar-refractivity contribution in [3.63, 3.8) is 0 Å². The Hall–Kier alpha value is -2.63. The first-order chi connectivity index (χ1) is 10.5. The number of nitrogens with zero attached hydrogens (tertiary/aromatic N) is 3. The average Bonchev–Trinajstić information content (AvgIpc) is 3.17. The van der Waals surface area contributed by atoms with Crippen molar-refractivity contribution >= 4 is 11.9 Å². The number of carboxylic acid groups (broad SMARTS) is 1. The molecule has 1 aromatic carbocycles. The standard InChI is InChI=1S/C16H17N3O3/c1-16(15(21)22)6-8-18(10-16)14(20)12-2-4-13(5-3-12)19-9-7-17-11-19/h2-5,7,9,11H,6,8,10H2,1H3,(H,21,22). The van der Waals surface area contributed by atoms with E-state index in [2.05, 4.69) is 4.98 Å². The van der Waals surface area contributed by atoms with E-state index in [1.165, 1.54) is 0 Å². The highest BCUT2D eigenvalue weighted by Gasteiger charge is 2.42. The van der Waals surface area contributed by atoms with Gasteiger partial charge in [0.15, 0.2) is 0 Å². The van der Waals surface area contributed by atoms with Crippen LogP contribution in [0.25, 0.3) is 5.69 Å². The molecule has 2 aromatic rings. The minimum absolute atomic E-state index is 0.123. The fourth-order valence-corrected chi connectivity index (χ4v) is 2.68. The van der Waals surface area contributed by atoms with E-state index < -0.39 is 11.4 Å². The van der Waals surface area contributed by atoms with Crippen molar-refractivity contribution in [1.29, 1.82) is 0 Å². The van der Waals surface area contributed by atoms with Crippen molar-refractivity contribution in [1.82, 2.24) is 14.5 Å². The normalized spacial score (nSPS) is 21.0. The molecule has 0 radical (unpaired) electrons. The van der Waals surface area contributed by atoms with Gasteiger partial charge in [0.1, 0.15) is 0 Å². The number of carbonyl (C=O) groups excluding carboxylic acids is 1. The topological polar surface area (TPSA) is 75.4 Å². The minimum atomic E-state index is -0.849. The van der Waals surface area contributed by atoms with Gasteiger partial charge in [0.2, 0.25) is 0 Å². The Morgan fingerprint density at radius 3 is 2.55 bits per heavy atom. The van der Waals surface area contributed by atoms with Crippen LogP contribution in [0, 0.1) is 5.41 Å². The summed E-state index contributed by atoms with van der Waals surface area (Å²) < 4.78 is 1.85. The number of amides is 1. The van der Waals surface area contributed by atoms with Crippen LogP contribution in [-0.2, 0) is 4.79 Å². The molecule has 1 aliphatic rings. The molecule has 1 atom stereocenters. The quantitative estimate of drug-likeness (QED) is 0.938. The second-order valence-electron chi connectivity index (χ2n) is 5.86. The summed E-state index contributed by atoms with van der Waals surface area (Å²) in [5, 5.41) is 9.24. The number of carboxylic acids is 1. The number of likely N-dealkylation sites (tertiary alicyclic amines) is 1. The van der Waals surface area contributed by atoms with Gasteiger partial charge in [-0.1, -0.05) is 0 Å². The summed E-state index contributed by atoms with van der Waals surface area (Å²) in [7, 11) is 0. The number of rotatable bonds is 3. The minimum Gasteiger partial charge on any atom is -0.481 e. The van der Waals surface area contributed by atoms with Gasteiger partial charge < -0.3 is 14.6 Å². The zero-order valence-corrected chi connectivity index (χ0v) is 12.3. The molecule has 3 rings (SSSR count). The molecule has 1 aliphatic heterocycles. The molecule has 0 spiro atoms. The fraction of sp³-hybridized carbons (Fsp3) is 0.312. The van der Waals surface area contributed by atoms with Gasteiger partial charge in [-0.05, 0) is 37.6 Å². The van der Waals surface area contributed by atoms with Gasteiger partial charge in [-0.2, -0.15) is 0 Å². The molecule has 22 heavy (non-hydrogen) atoms. The Kier molecular flexibility index (Phi) is 3.44. The highest BCUT2D eigenvalue weighted by molar-refractivity contribution is 5.95. The molecule has 1 fully saturated rings. The van der Waals surface area contributed by atoms with E-state index in [4.69, 9.17) is 0 Å². The molecule has 0 aliphatic carbocycles. The molecule has 1 saturated heterocycles. The molecule has 0 saturated carbocycles. The van der Waals surface area contributed by atoms with E-state index in [0.717, 1.165) is 5.69 Å². The highest BCUT2D eigenvalue weighted by Crippen LogP contribution is 2.31. The molecule has 6 nitrogen and oxygen atoms in total. The van der Waals surface area contributed by atoms with Gasteiger partial charge >= 0.3 is 5.97 Å². The average molecular weight is 299 g/mol. The molecule has 2 heterocycles. The van der Waals surface area contributed by atoms with E-state index >= 15 is 0 Å². The lowest BCUT2D eigenvalue weighted by atomic mass is 9.90. The van der Waals surface area contributed by atoms with Gasteiger partial charge in [0, 0.05) is 36.7 Å². The first-order valence-electron chi connectivity index (χ1n) is 7.11. The highest BCUT2D eigenvalue weighted by atomic mass is 16.4. The van der Waals surface area contributed by atoms with Crippen LogP contribution in [0.1, 0.15) is 23.7 Å². The van der Waals surface area contributed by atoms with E-state index in [-0.39, 0.29) is 12.5 Å². The molecular weight excluding hydrogens is 282 g/mol. The summed E-state index contributed by atoms with van der Waals surface area (Å²) in [5.74, 6) is -0.972. The summed E-state index contributed by atoms with van der Waals surface area (Å²) in [4.78, 5) is 29.3. The number of aromatic nitrogens is 2. The van der Waals surface area contributed by atoms with Gasteiger partial charge in [0.05, 0.1) is 11.7 Å². The lowest BCUT2D eigenvalue weighted by molar-refractivity contribution is -0.147. The van der Waals surface area contributed by atoms with Crippen LogP contribution < -0.4 is 0 Å². The Morgan fingerprint density at radius 2 is 2.00 bits per heavy atom. The van der Waals surface area contributed by atoms with Crippen LogP contribution in [0.5, 0.6) is 0 Å². The predicted octanol–water partition coefficient (Wildman–Crippen LogP) is 1.81. The summed E-state index contributed by atoms with van der Waals surface area (Å²) in [6.45, 7) is 2.42. The number of carbonyl (C=O) groups is 2. The summed E-state index contributed by atoms with van der Waals surface area (Å²) in [6, 6.07) is 7.21. The molecule has 0 bridgehead atoms. The Morgan fingerprint density at radius 1 is 1.27 bits per heavy atom. The molecule has 1 amide bonds. The number of hydrogen-bond acceptors (Lipinski definition) is 3. The first-order valence-corrected chi connectivity index (χ1v) is 7.11. The van der Waals surface area contributed by atoms with Crippen LogP contribution >= 0.6 is 0 Å². The lowest BCUT2D eigenvalue weighted by Gasteiger charge is -2.20. The van der Waals surface area contributed by atoms with Crippen molar-refractivity contribution in [3.8, 4) is 5.69 Å². The third-order valence-electron chi connectivity index (χ3n) is 4.19. The predicted molar refractivity (Wildman–Crippen MR) is 79.8 cm³/mol. The largest absolute Gasteiger partial charge is 0.481 e. The Balaban J connectivity index is 1.75. The van der Waals surface area contributed by atoms with Crippen LogP contribution in [0.3, 0.4) is 0 Å². The van der Waals surface area contributed by atoms with Crippen molar-refractivity contribution < 1.29 is 14.7 Å². The van der Waals surface area contributed by atoms with Gasteiger partial charge in [-0.25, -0.2) is 4.98 Å². The van der Waals surface area contributed by atoms with E-state index in [1.54, 1.807) is 36.5 Å². The summed E-state index contributed by atoms with van der Waals surface area (Å²) >= 11 is 0. The number of hydrogen-bond donors (Lipinski definition) is 1. The van der Waals surface area contributed by atoms with Crippen molar-refractivity contribution in [2.75, 3.05) is 13.1 Å². The second kappa shape index (κ2) is 5.29. The third-order valence-corrected chi connectivity index (χ3v) is 4.19. The Bertz CT molecular complexity index is 694. The van der Waals surface area contributed by atoms with Crippen molar-refractivity contribution in [2.45, 2.75) is 13.3 Å². The van der Waals surface area contributed by atoms with Crippen molar-refractivity contribution in [3.05, 3.63) is 48.5 Å². The molecule has 1 aromatic heterocycles. The summed E-state index contributed by atoms with van der Waals surface area (Å²) in [6.07, 6.45) is 5.70. The molecule has 1 unspecified atom stereocenters. The molecule has 114 valence electrons. The maximum atomic E-state index is 12.5. The van der Waals surface area contributed by atoms with Gasteiger partial charge in [-0.15, -0.1) is 0 Å². The second-order valence-corrected chi connectivity index (χ2v) is 5.86.